The monoisotopic (exact) mass is 280 g/mol. The zero-order valence-corrected chi connectivity index (χ0v) is 13.4. The van der Waals surface area contributed by atoms with Crippen LogP contribution in [-0.4, -0.2) is 12.6 Å². The number of hydrogen-bond donors (Lipinski definition) is 0. The Morgan fingerprint density at radius 2 is 1.50 bits per heavy atom. The van der Waals surface area contributed by atoms with Crippen LogP contribution in [0.15, 0.2) is 24.3 Å². The van der Waals surface area contributed by atoms with Gasteiger partial charge in [-0.15, -0.1) is 0 Å². The molecule has 0 saturated heterocycles. The molecule has 0 aromatic carbocycles. The first-order valence-corrected chi connectivity index (χ1v) is 8.26. The highest BCUT2D eigenvalue weighted by molar-refractivity contribution is 5.69. The van der Waals surface area contributed by atoms with Crippen LogP contribution in [0.25, 0.3) is 0 Å². The van der Waals surface area contributed by atoms with E-state index in [1.807, 2.05) is 6.92 Å². The van der Waals surface area contributed by atoms with E-state index in [4.69, 9.17) is 4.74 Å². The third-order valence-electron chi connectivity index (χ3n) is 3.12. The maximum Gasteiger partial charge on any atom is 0.305 e. The summed E-state index contributed by atoms with van der Waals surface area (Å²) in [5, 5.41) is 0. The van der Waals surface area contributed by atoms with Gasteiger partial charge >= 0.3 is 5.97 Å². The smallest absolute Gasteiger partial charge is 0.305 e. The number of carbonyl (C=O) groups excluding carboxylic acids is 1. The van der Waals surface area contributed by atoms with E-state index in [1.165, 1.54) is 38.5 Å². The maximum atomic E-state index is 11.1. The van der Waals surface area contributed by atoms with Crippen LogP contribution in [0.1, 0.15) is 78.1 Å². The highest BCUT2D eigenvalue weighted by atomic mass is 16.5. The van der Waals surface area contributed by atoms with E-state index in [9.17, 15) is 4.79 Å². The normalized spacial score (nSPS) is 11.5. The molecule has 0 aliphatic heterocycles. The molecule has 0 saturated carbocycles. The molecule has 0 N–H and O–H groups in total. The largest absolute Gasteiger partial charge is 0.466 e. The summed E-state index contributed by atoms with van der Waals surface area (Å²) in [5.41, 5.74) is 0. The average Bonchev–Trinajstić information content (AvgIpc) is 2.44. The van der Waals surface area contributed by atoms with Crippen LogP contribution < -0.4 is 0 Å². The predicted molar refractivity (Wildman–Crippen MR) is 86.8 cm³/mol. The lowest BCUT2D eigenvalue weighted by atomic mass is 10.1. The first kappa shape index (κ1) is 18.9. The van der Waals surface area contributed by atoms with Gasteiger partial charge in [0.1, 0.15) is 0 Å². The van der Waals surface area contributed by atoms with Crippen molar-refractivity contribution in [2.24, 2.45) is 0 Å². The summed E-state index contributed by atoms with van der Waals surface area (Å²) in [7, 11) is 0. The molecule has 0 fully saturated rings. The van der Waals surface area contributed by atoms with Gasteiger partial charge in [0.25, 0.3) is 0 Å². The molecule has 2 nitrogen and oxygen atoms in total. The van der Waals surface area contributed by atoms with Crippen molar-refractivity contribution in [1.82, 2.24) is 0 Å². The zero-order valence-electron chi connectivity index (χ0n) is 13.4. The van der Waals surface area contributed by atoms with Gasteiger partial charge in [0.2, 0.25) is 0 Å². The van der Waals surface area contributed by atoms with Crippen LogP contribution in [0.2, 0.25) is 0 Å². The van der Waals surface area contributed by atoms with Crippen LogP contribution in [0.5, 0.6) is 0 Å². The number of ether oxygens (including phenoxy) is 1. The minimum atomic E-state index is -0.0495. The Morgan fingerprint density at radius 1 is 0.850 bits per heavy atom. The minimum Gasteiger partial charge on any atom is -0.466 e. The highest BCUT2D eigenvalue weighted by Crippen LogP contribution is 2.08. The van der Waals surface area contributed by atoms with Gasteiger partial charge in [-0.05, 0) is 39.0 Å². The molecule has 0 amide bonds. The van der Waals surface area contributed by atoms with E-state index in [-0.39, 0.29) is 5.97 Å². The Morgan fingerprint density at radius 3 is 2.20 bits per heavy atom. The number of allylic oxidation sites excluding steroid dienone is 4. The molecule has 0 aromatic heterocycles. The predicted octanol–water partition coefficient (Wildman–Crippen LogP) is 5.58. The standard InChI is InChI=1S/C18H32O2/c1-3-5-6-7-8-9-10-11-12-13-14-15-16-17-18(19)20-4-2/h6-7,9-10H,3-5,8,11-17H2,1-2H3/b7-6+,10-9+. The van der Waals surface area contributed by atoms with Crippen molar-refractivity contribution in [3.05, 3.63) is 24.3 Å². The lowest BCUT2D eigenvalue weighted by Crippen LogP contribution is -2.03. The van der Waals surface area contributed by atoms with Gasteiger partial charge in [-0.2, -0.15) is 0 Å². The third kappa shape index (κ3) is 15.0. The molecule has 0 rings (SSSR count). The van der Waals surface area contributed by atoms with E-state index >= 15 is 0 Å². The summed E-state index contributed by atoms with van der Waals surface area (Å²) >= 11 is 0. The SMILES string of the molecule is CCC/C=C/C/C=C/CCCCCCCC(=O)OCC. The van der Waals surface area contributed by atoms with Crippen LogP contribution in [0.3, 0.4) is 0 Å². The van der Waals surface area contributed by atoms with E-state index in [0.717, 1.165) is 19.3 Å². The van der Waals surface area contributed by atoms with Crippen molar-refractivity contribution in [3.63, 3.8) is 0 Å². The Balaban J connectivity index is 3.20. The van der Waals surface area contributed by atoms with E-state index in [0.29, 0.717) is 13.0 Å². The number of hydrogen-bond acceptors (Lipinski definition) is 2. The van der Waals surface area contributed by atoms with Gasteiger partial charge < -0.3 is 4.74 Å². The van der Waals surface area contributed by atoms with Crippen molar-refractivity contribution in [3.8, 4) is 0 Å². The lowest BCUT2D eigenvalue weighted by Gasteiger charge is -2.01. The van der Waals surface area contributed by atoms with Gasteiger partial charge in [0.15, 0.2) is 0 Å². The molecule has 0 unspecified atom stereocenters. The maximum absolute atomic E-state index is 11.1. The molecule has 0 aliphatic carbocycles. The van der Waals surface area contributed by atoms with Crippen molar-refractivity contribution in [2.75, 3.05) is 6.61 Å². The molecular weight excluding hydrogens is 248 g/mol. The van der Waals surface area contributed by atoms with Crippen molar-refractivity contribution >= 4 is 5.97 Å². The Hall–Kier alpha value is -1.05. The minimum absolute atomic E-state index is 0.0495. The van der Waals surface area contributed by atoms with Crippen LogP contribution >= 0.6 is 0 Å². The summed E-state index contributed by atoms with van der Waals surface area (Å²) in [6, 6.07) is 0. The van der Waals surface area contributed by atoms with Crippen molar-refractivity contribution < 1.29 is 9.53 Å². The van der Waals surface area contributed by atoms with Gasteiger partial charge in [0, 0.05) is 6.42 Å². The summed E-state index contributed by atoms with van der Waals surface area (Å²) in [5.74, 6) is -0.0495. The molecule has 2 heteroatoms. The molecule has 0 atom stereocenters. The highest BCUT2D eigenvalue weighted by Gasteiger charge is 2.00. The molecule has 0 aliphatic rings. The van der Waals surface area contributed by atoms with E-state index in [1.54, 1.807) is 0 Å². The van der Waals surface area contributed by atoms with Crippen LogP contribution in [0.4, 0.5) is 0 Å². The Kier molecular flexibility index (Phi) is 15.2. The zero-order chi connectivity index (χ0) is 14.9. The number of rotatable bonds is 13. The van der Waals surface area contributed by atoms with E-state index < -0.39 is 0 Å². The fourth-order valence-electron chi connectivity index (χ4n) is 1.97. The fourth-order valence-corrected chi connectivity index (χ4v) is 1.97. The lowest BCUT2D eigenvalue weighted by molar-refractivity contribution is -0.143. The second-order valence-corrected chi connectivity index (χ2v) is 5.08. The molecule has 0 radical (unpaired) electrons. The van der Waals surface area contributed by atoms with Crippen molar-refractivity contribution in [1.29, 1.82) is 0 Å². The summed E-state index contributed by atoms with van der Waals surface area (Å²) in [4.78, 5) is 11.1. The van der Waals surface area contributed by atoms with Gasteiger partial charge in [-0.3, -0.25) is 4.79 Å². The summed E-state index contributed by atoms with van der Waals surface area (Å²) < 4.78 is 4.90. The molecule has 0 heterocycles. The molecule has 116 valence electrons. The van der Waals surface area contributed by atoms with Crippen LogP contribution in [-0.2, 0) is 9.53 Å². The van der Waals surface area contributed by atoms with Crippen LogP contribution in [0, 0.1) is 0 Å². The Labute approximate surface area is 125 Å². The second-order valence-electron chi connectivity index (χ2n) is 5.08. The van der Waals surface area contributed by atoms with Gasteiger partial charge in [0.05, 0.1) is 6.61 Å². The molecule has 0 spiro atoms. The molecule has 20 heavy (non-hydrogen) atoms. The quantitative estimate of drug-likeness (QED) is 0.250. The van der Waals surface area contributed by atoms with E-state index in [2.05, 4.69) is 31.2 Å². The topological polar surface area (TPSA) is 26.3 Å². The number of carbonyl (C=O) groups is 1. The third-order valence-corrected chi connectivity index (χ3v) is 3.12. The number of esters is 1. The summed E-state index contributed by atoms with van der Waals surface area (Å²) in [6.07, 6.45) is 20.2. The van der Waals surface area contributed by atoms with Gasteiger partial charge in [-0.25, -0.2) is 0 Å². The molecule has 0 aromatic rings. The van der Waals surface area contributed by atoms with Crippen molar-refractivity contribution in [2.45, 2.75) is 78.1 Å². The average molecular weight is 280 g/mol. The summed E-state index contributed by atoms with van der Waals surface area (Å²) in [6.45, 7) is 4.55. The Bertz CT molecular complexity index is 267. The number of unbranched alkanes of at least 4 members (excludes halogenated alkanes) is 6. The molecular formula is C18H32O2. The fraction of sp³-hybridized carbons (Fsp3) is 0.722. The first-order valence-electron chi connectivity index (χ1n) is 8.26. The molecule has 0 bridgehead atoms. The second kappa shape index (κ2) is 16.0. The first-order chi connectivity index (χ1) is 9.81. The van der Waals surface area contributed by atoms with Gasteiger partial charge in [-0.1, -0.05) is 56.9 Å².